The summed E-state index contributed by atoms with van der Waals surface area (Å²) < 4.78 is 6.24. The van der Waals surface area contributed by atoms with Crippen molar-refractivity contribution < 1.29 is 14.9 Å². The van der Waals surface area contributed by atoms with Gasteiger partial charge in [-0.1, -0.05) is 73.5 Å². The molecular formula is C23H33NO3. The van der Waals surface area contributed by atoms with Gasteiger partial charge in [-0.15, -0.1) is 0 Å². The van der Waals surface area contributed by atoms with Gasteiger partial charge in [0.1, 0.15) is 6.10 Å². The van der Waals surface area contributed by atoms with E-state index in [1.165, 1.54) is 11.1 Å². The summed E-state index contributed by atoms with van der Waals surface area (Å²) in [7, 11) is 1.98. The van der Waals surface area contributed by atoms with Crippen LogP contribution in [0.5, 0.6) is 0 Å². The molecule has 1 atom stereocenters. The molecule has 2 N–H and O–H groups in total. The molecule has 0 fully saturated rings. The molecule has 0 saturated carbocycles. The van der Waals surface area contributed by atoms with Gasteiger partial charge in [0.25, 0.3) is 0 Å². The van der Waals surface area contributed by atoms with E-state index in [1.54, 1.807) is 0 Å². The molecule has 0 aliphatic rings. The lowest BCUT2D eigenvalue weighted by Gasteiger charge is -2.20. The Morgan fingerprint density at radius 1 is 0.852 bits per heavy atom. The van der Waals surface area contributed by atoms with Gasteiger partial charge in [0.2, 0.25) is 0 Å². The third-order valence-corrected chi connectivity index (χ3v) is 4.66. The fraction of sp³-hybridized carbons (Fsp3) is 0.478. The molecule has 0 spiro atoms. The lowest BCUT2D eigenvalue weighted by atomic mass is 10.0. The van der Waals surface area contributed by atoms with E-state index >= 15 is 0 Å². The largest absolute Gasteiger partial charge is 0.394 e. The first-order chi connectivity index (χ1) is 13.2. The van der Waals surface area contributed by atoms with Crippen LogP contribution in [0.2, 0.25) is 0 Å². The molecule has 4 heteroatoms. The standard InChI is InChI=1S/C23H33NO3/c1-24(18-22(26)19-25)16-10-2-3-11-17-27-23(20-12-6-4-7-13-20)21-14-8-5-9-15-21/h4-9,12-15,22-23,25-26H,2-3,10-11,16-19H2,1H3. The zero-order chi connectivity index (χ0) is 19.3. The Labute approximate surface area is 163 Å². The summed E-state index contributed by atoms with van der Waals surface area (Å²) in [5.74, 6) is 0. The van der Waals surface area contributed by atoms with Crippen LogP contribution in [0.1, 0.15) is 42.9 Å². The molecule has 27 heavy (non-hydrogen) atoms. The van der Waals surface area contributed by atoms with E-state index in [4.69, 9.17) is 9.84 Å². The Morgan fingerprint density at radius 3 is 1.96 bits per heavy atom. The third kappa shape index (κ3) is 8.22. The molecule has 2 aromatic carbocycles. The maximum absolute atomic E-state index is 9.43. The molecule has 0 heterocycles. The van der Waals surface area contributed by atoms with Crippen LogP contribution < -0.4 is 0 Å². The average Bonchev–Trinajstić information content (AvgIpc) is 2.71. The molecule has 2 aromatic rings. The molecule has 0 radical (unpaired) electrons. The first kappa shape index (κ1) is 21.6. The Balaban J connectivity index is 1.69. The number of benzene rings is 2. The molecule has 0 aromatic heterocycles. The number of rotatable bonds is 13. The van der Waals surface area contributed by atoms with Crippen LogP contribution in [0.3, 0.4) is 0 Å². The number of unbranched alkanes of at least 4 members (excludes halogenated alkanes) is 3. The third-order valence-electron chi connectivity index (χ3n) is 4.66. The van der Waals surface area contributed by atoms with Crippen LogP contribution in [0.15, 0.2) is 60.7 Å². The van der Waals surface area contributed by atoms with E-state index in [1.807, 2.05) is 19.2 Å². The predicted octanol–water partition coefficient (Wildman–Crippen LogP) is 3.64. The average molecular weight is 372 g/mol. The van der Waals surface area contributed by atoms with Gasteiger partial charge in [-0.05, 0) is 37.6 Å². The number of nitrogens with zero attached hydrogens (tertiary/aromatic N) is 1. The van der Waals surface area contributed by atoms with Crippen molar-refractivity contribution in [1.82, 2.24) is 4.90 Å². The van der Waals surface area contributed by atoms with Gasteiger partial charge in [-0.3, -0.25) is 0 Å². The second-order valence-electron chi connectivity index (χ2n) is 7.09. The van der Waals surface area contributed by atoms with Crippen molar-refractivity contribution in [3.63, 3.8) is 0 Å². The highest BCUT2D eigenvalue weighted by Crippen LogP contribution is 2.26. The topological polar surface area (TPSA) is 52.9 Å². The molecule has 0 bridgehead atoms. The summed E-state index contributed by atoms with van der Waals surface area (Å²) in [5, 5.41) is 18.3. The second kappa shape index (κ2) is 12.6. The number of hydrogen-bond donors (Lipinski definition) is 2. The minimum absolute atomic E-state index is 0.0153. The van der Waals surface area contributed by atoms with Crippen molar-refractivity contribution in [3.8, 4) is 0 Å². The van der Waals surface area contributed by atoms with Gasteiger partial charge in [0, 0.05) is 13.2 Å². The van der Waals surface area contributed by atoms with Crippen LogP contribution in [-0.4, -0.2) is 54.6 Å². The van der Waals surface area contributed by atoms with Gasteiger partial charge in [-0.2, -0.15) is 0 Å². The molecule has 0 aliphatic carbocycles. The molecule has 0 aliphatic heterocycles. The van der Waals surface area contributed by atoms with E-state index in [0.29, 0.717) is 6.54 Å². The first-order valence-electron chi connectivity index (χ1n) is 9.89. The van der Waals surface area contributed by atoms with Crippen molar-refractivity contribution in [3.05, 3.63) is 71.8 Å². The Morgan fingerprint density at radius 2 is 1.41 bits per heavy atom. The van der Waals surface area contributed by atoms with Crippen molar-refractivity contribution in [2.75, 3.05) is 33.4 Å². The number of aliphatic hydroxyl groups excluding tert-OH is 2. The molecule has 2 rings (SSSR count). The Hall–Kier alpha value is -1.72. The predicted molar refractivity (Wildman–Crippen MR) is 110 cm³/mol. The normalized spacial score (nSPS) is 12.6. The van der Waals surface area contributed by atoms with Gasteiger partial charge < -0.3 is 19.8 Å². The summed E-state index contributed by atoms with van der Waals surface area (Å²) in [6.07, 6.45) is 3.75. The first-order valence-corrected chi connectivity index (χ1v) is 9.89. The Bertz CT molecular complexity index is 566. The summed E-state index contributed by atoms with van der Waals surface area (Å²) in [6.45, 7) is 2.03. The fourth-order valence-electron chi connectivity index (χ4n) is 3.19. The zero-order valence-corrected chi connectivity index (χ0v) is 16.3. The van der Waals surface area contributed by atoms with Crippen LogP contribution >= 0.6 is 0 Å². The lowest BCUT2D eigenvalue weighted by Crippen LogP contribution is -2.32. The fourth-order valence-corrected chi connectivity index (χ4v) is 3.19. The van der Waals surface area contributed by atoms with Crippen LogP contribution in [0.25, 0.3) is 0 Å². The van der Waals surface area contributed by atoms with Crippen LogP contribution in [0, 0.1) is 0 Å². The maximum atomic E-state index is 9.43. The highest BCUT2D eigenvalue weighted by molar-refractivity contribution is 5.29. The minimum Gasteiger partial charge on any atom is -0.394 e. The molecule has 4 nitrogen and oxygen atoms in total. The molecule has 148 valence electrons. The summed E-state index contributed by atoms with van der Waals surface area (Å²) in [4.78, 5) is 2.07. The van der Waals surface area contributed by atoms with Gasteiger partial charge in [0.15, 0.2) is 0 Å². The molecule has 1 unspecified atom stereocenters. The summed E-state index contributed by atoms with van der Waals surface area (Å²) in [5.41, 5.74) is 2.38. The summed E-state index contributed by atoms with van der Waals surface area (Å²) >= 11 is 0. The Kier molecular flexibility index (Phi) is 10.1. The lowest BCUT2D eigenvalue weighted by molar-refractivity contribution is 0.0656. The highest BCUT2D eigenvalue weighted by Gasteiger charge is 2.13. The molecule has 0 saturated heterocycles. The molecular weight excluding hydrogens is 338 g/mol. The number of aliphatic hydroxyl groups is 2. The quantitative estimate of drug-likeness (QED) is 0.528. The van der Waals surface area contributed by atoms with E-state index in [0.717, 1.165) is 38.8 Å². The minimum atomic E-state index is -0.642. The van der Waals surface area contributed by atoms with E-state index in [2.05, 4.69) is 53.4 Å². The van der Waals surface area contributed by atoms with Gasteiger partial charge in [0.05, 0.1) is 12.7 Å². The van der Waals surface area contributed by atoms with E-state index in [-0.39, 0.29) is 12.7 Å². The van der Waals surface area contributed by atoms with E-state index in [9.17, 15) is 5.11 Å². The van der Waals surface area contributed by atoms with E-state index < -0.39 is 6.10 Å². The van der Waals surface area contributed by atoms with Gasteiger partial charge >= 0.3 is 0 Å². The van der Waals surface area contributed by atoms with Crippen molar-refractivity contribution >= 4 is 0 Å². The highest BCUT2D eigenvalue weighted by atomic mass is 16.5. The van der Waals surface area contributed by atoms with Crippen molar-refractivity contribution in [2.45, 2.75) is 37.9 Å². The van der Waals surface area contributed by atoms with Crippen molar-refractivity contribution in [2.24, 2.45) is 0 Å². The smallest absolute Gasteiger partial charge is 0.108 e. The number of likely N-dealkylation sites (N-methyl/N-ethyl adjacent to an activating group) is 1. The van der Waals surface area contributed by atoms with Crippen LogP contribution in [0.4, 0.5) is 0 Å². The van der Waals surface area contributed by atoms with Gasteiger partial charge in [-0.25, -0.2) is 0 Å². The second-order valence-corrected chi connectivity index (χ2v) is 7.09. The summed E-state index contributed by atoms with van der Waals surface area (Å²) in [6, 6.07) is 20.8. The maximum Gasteiger partial charge on any atom is 0.108 e. The number of hydrogen-bond acceptors (Lipinski definition) is 4. The van der Waals surface area contributed by atoms with Crippen LogP contribution in [-0.2, 0) is 4.74 Å². The van der Waals surface area contributed by atoms with Crippen molar-refractivity contribution in [1.29, 1.82) is 0 Å². The zero-order valence-electron chi connectivity index (χ0n) is 16.3. The monoisotopic (exact) mass is 371 g/mol. The number of ether oxygens (including phenoxy) is 1. The SMILES string of the molecule is CN(CCCCCCOC(c1ccccc1)c1ccccc1)CC(O)CO. The molecule has 0 amide bonds.